The number of nitrogens with zero attached hydrogens (tertiary/aromatic N) is 3. The van der Waals surface area contributed by atoms with Gasteiger partial charge in [-0.1, -0.05) is 25.6 Å². The number of hydrogen-bond acceptors (Lipinski definition) is 8. The molecule has 0 radical (unpaired) electrons. The molecule has 31 heavy (non-hydrogen) atoms. The van der Waals surface area contributed by atoms with E-state index in [9.17, 15) is 9.59 Å². The summed E-state index contributed by atoms with van der Waals surface area (Å²) >= 11 is 1.20. The molecule has 0 atom stereocenters. The number of carbonyl (C=O) groups excluding carboxylic acids is 2. The molecule has 0 saturated heterocycles. The van der Waals surface area contributed by atoms with Gasteiger partial charge in [-0.25, -0.2) is 4.79 Å². The SMILES string of the molecule is CC(C)Cn1c(SCC(=O)NC(=O)Nc2ccc3c(c2)OCO3)nnc1-c1ccco1. The van der Waals surface area contributed by atoms with Crippen LogP contribution in [0.3, 0.4) is 0 Å². The number of anilines is 1. The largest absolute Gasteiger partial charge is 0.461 e. The van der Waals surface area contributed by atoms with Crippen molar-refractivity contribution in [2.45, 2.75) is 25.5 Å². The molecule has 162 valence electrons. The summed E-state index contributed by atoms with van der Waals surface area (Å²) in [4.78, 5) is 24.4. The summed E-state index contributed by atoms with van der Waals surface area (Å²) in [6.45, 7) is 4.96. The minimum Gasteiger partial charge on any atom is -0.461 e. The topological polar surface area (TPSA) is 121 Å². The lowest BCUT2D eigenvalue weighted by Crippen LogP contribution is -2.35. The van der Waals surface area contributed by atoms with Crippen molar-refractivity contribution in [1.82, 2.24) is 20.1 Å². The van der Waals surface area contributed by atoms with E-state index >= 15 is 0 Å². The Morgan fingerprint density at radius 3 is 2.81 bits per heavy atom. The first-order valence-electron chi connectivity index (χ1n) is 9.60. The van der Waals surface area contributed by atoms with Crippen LogP contribution in [-0.4, -0.2) is 39.2 Å². The highest BCUT2D eigenvalue weighted by Gasteiger charge is 2.19. The first-order chi connectivity index (χ1) is 15.0. The predicted molar refractivity (Wildman–Crippen MR) is 113 cm³/mol. The molecule has 11 heteroatoms. The molecule has 0 spiro atoms. The Balaban J connectivity index is 1.34. The number of fused-ring (bicyclic) bond motifs is 1. The fraction of sp³-hybridized carbons (Fsp3) is 0.300. The molecule has 1 aromatic carbocycles. The van der Waals surface area contributed by atoms with Crippen LogP contribution in [-0.2, 0) is 11.3 Å². The quantitative estimate of drug-likeness (QED) is 0.533. The third kappa shape index (κ3) is 5.00. The van der Waals surface area contributed by atoms with Crippen LogP contribution in [0.15, 0.2) is 46.2 Å². The fourth-order valence-electron chi connectivity index (χ4n) is 2.94. The van der Waals surface area contributed by atoms with Crippen molar-refractivity contribution in [2.75, 3.05) is 17.9 Å². The first kappa shape index (κ1) is 20.8. The van der Waals surface area contributed by atoms with E-state index in [2.05, 4.69) is 34.7 Å². The van der Waals surface area contributed by atoms with Crippen LogP contribution < -0.4 is 20.1 Å². The highest BCUT2D eigenvalue weighted by Crippen LogP contribution is 2.34. The third-order valence-electron chi connectivity index (χ3n) is 4.22. The van der Waals surface area contributed by atoms with Crippen LogP contribution in [0, 0.1) is 5.92 Å². The minimum atomic E-state index is -0.635. The molecule has 3 aromatic rings. The number of thioether (sulfide) groups is 1. The van der Waals surface area contributed by atoms with Crippen LogP contribution in [0.1, 0.15) is 13.8 Å². The highest BCUT2D eigenvalue weighted by molar-refractivity contribution is 7.99. The van der Waals surface area contributed by atoms with E-state index in [0.29, 0.717) is 46.4 Å². The molecule has 3 amide bonds. The van der Waals surface area contributed by atoms with Crippen molar-refractivity contribution in [1.29, 1.82) is 0 Å². The number of hydrogen-bond donors (Lipinski definition) is 2. The Labute approximate surface area is 182 Å². The second kappa shape index (κ2) is 9.13. The summed E-state index contributed by atoms with van der Waals surface area (Å²) < 4.78 is 17.8. The number of furan rings is 1. The van der Waals surface area contributed by atoms with Crippen molar-refractivity contribution in [3.05, 3.63) is 36.6 Å². The van der Waals surface area contributed by atoms with Crippen molar-refractivity contribution >= 4 is 29.4 Å². The Kier molecular flexibility index (Phi) is 6.12. The average molecular weight is 443 g/mol. The van der Waals surface area contributed by atoms with Gasteiger partial charge in [0.05, 0.1) is 12.0 Å². The van der Waals surface area contributed by atoms with Crippen molar-refractivity contribution in [3.63, 3.8) is 0 Å². The molecular formula is C20H21N5O5S. The van der Waals surface area contributed by atoms with Crippen molar-refractivity contribution in [3.8, 4) is 23.1 Å². The van der Waals surface area contributed by atoms with Crippen LogP contribution in [0.25, 0.3) is 11.6 Å². The number of urea groups is 1. The number of aromatic nitrogens is 3. The number of ether oxygens (including phenoxy) is 2. The zero-order chi connectivity index (χ0) is 21.8. The normalized spacial score (nSPS) is 12.2. The molecule has 0 aliphatic carbocycles. The molecule has 0 saturated carbocycles. The van der Waals surface area contributed by atoms with Gasteiger partial charge in [-0.05, 0) is 30.2 Å². The van der Waals surface area contributed by atoms with Crippen LogP contribution in [0.4, 0.5) is 10.5 Å². The molecule has 1 aliphatic heterocycles. The van der Waals surface area contributed by atoms with Gasteiger partial charge in [0, 0.05) is 18.3 Å². The third-order valence-corrected chi connectivity index (χ3v) is 5.19. The monoisotopic (exact) mass is 443 g/mol. The Morgan fingerprint density at radius 2 is 2.03 bits per heavy atom. The molecule has 2 N–H and O–H groups in total. The number of amides is 3. The predicted octanol–water partition coefficient (Wildman–Crippen LogP) is 3.36. The van der Waals surface area contributed by atoms with Gasteiger partial charge in [0.25, 0.3) is 0 Å². The Morgan fingerprint density at radius 1 is 1.19 bits per heavy atom. The van der Waals surface area contributed by atoms with E-state index in [0.717, 1.165) is 0 Å². The summed E-state index contributed by atoms with van der Waals surface area (Å²) in [6, 6.07) is 7.94. The first-order valence-corrected chi connectivity index (χ1v) is 10.6. The van der Waals surface area contributed by atoms with Gasteiger partial charge >= 0.3 is 6.03 Å². The number of carbonyl (C=O) groups is 2. The zero-order valence-corrected chi connectivity index (χ0v) is 17.8. The molecule has 0 bridgehead atoms. The van der Waals surface area contributed by atoms with Crippen LogP contribution in [0.2, 0.25) is 0 Å². The van der Waals surface area contributed by atoms with E-state index in [-0.39, 0.29) is 12.5 Å². The van der Waals surface area contributed by atoms with Crippen molar-refractivity contribution < 1.29 is 23.5 Å². The zero-order valence-electron chi connectivity index (χ0n) is 17.0. The second-order valence-corrected chi connectivity index (χ2v) is 8.09. The van der Waals surface area contributed by atoms with Gasteiger partial charge in [0.1, 0.15) is 0 Å². The molecule has 2 aromatic heterocycles. The smallest absolute Gasteiger partial charge is 0.325 e. The Bertz CT molecular complexity index is 1080. The molecule has 4 rings (SSSR count). The van der Waals surface area contributed by atoms with Gasteiger partial charge in [0.2, 0.25) is 12.7 Å². The summed E-state index contributed by atoms with van der Waals surface area (Å²) in [5.74, 6) is 2.24. The second-order valence-electron chi connectivity index (χ2n) is 7.15. The molecule has 0 fully saturated rings. The van der Waals surface area contributed by atoms with Crippen LogP contribution in [0.5, 0.6) is 11.5 Å². The Hall–Kier alpha value is -3.47. The van der Waals surface area contributed by atoms with E-state index in [1.165, 1.54) is 11.8 Å². The lowest BCUT2D eigenvalue weighted by molar-refractivity contribution is -0.117. The van der Waals surface area contributed by atoms with Gasteiger partial charge in [-0.2, -0.15) is 0 Å². The maximum Gasteiger partial charge on any atom is 0.325 e. The molecule has 10 nitrogen and oxygen atoms in total. The van der Waals surface area contributed by atoms with E-state index in [1.54, 1.807) is 30.5 Å². The lowest BCUT2D eigenvalue weighted by Gasteiger charge is -2.11. The van der Waals surface area contributed by atoms with Gasteiger partial charge < -0.3 is 19.2 Å². The summed E-state index contributed by atoms with van der Waals surface area (Å²) in [5.41, 5.74) is 0.488. The maximum absolute atomic E-state index is 12.3. The molecule has 3 heterocycles. The fourth-order valence-corrected chi connectivity index (χ4v) is 3.69. The van der Waals surface area contributed by atoms with Gasteiger partial charge in [-0.3, -0.25) is 14.7 Å². The highest BCUT2D eigenvalue weighted by atomic mass is 32.2. The van der Waals surface area contributed by atoms with Crippen LogP contribution >= 0.6 is 11.8 Å². The molecule has 1 aliphatic rings. The molecule has 0 unspecified atom stereocenters. The van der Waals surface area contributed by atoms with E-state index < -0.39 is 11.9 Å². The minimum absolute atomic E-state index is 0.00292. The van der Waals surface area contributed by atoms with Crippen molar-refractivity contribution in [2.24, 2.45) is 5.92 Å². The summed E-state index contributed by atoms with van der Waals surface area (Å²) in [7, 11) is 0. The van der Waals surface area contributed by atoms with E-state index in [1.807, 2.05) is 10.6 Å². The number of nitrogens with one attached hydrogen (secondary N) is 2. The maximum atomic E-state index is 12.3. The van der Waals surface area contributed by atoms with Gasteiger partial charge in [0.15, 0.2) is 28.2 Å². The molecular weight excluding hydrogens is 422 g/mol. The number of benzene rings is 1. The average Bonchev–Trinajstić information content (AvgIpc) is 3.46. The summed E-state index contributed by atoms with van der Waals surface area (Å²) in [6.07, 6.45) is 1.57. The lowest BCUT2D eigenvalue weighted by atomic mass is 10.2. The van der Waals surface area contributed by atoms with E-state index in [4.69, 9.17) is 13.9 Å². The summed E-state index contributed by atoms with van der Waals surface area (Å²) in [5, 5.41) is 13.9. The number of rotatable bonds is 7. The standard InChI is InChI=1S/C20H21N5O5S/c1-12(2)9-25-18(15-4-3-7-28-15)23-24-20(25)31-10-17(26)22-19(27)21-13-5-6-14-16(8-13)30-11-29-14/h3-8,12H,9-11H2,1-2H3,(H2,21,22,26,27). The number of imide groups is 1. The van der Waals surface area contributed by atoms with Gasteiger partial charge in [-0.15, -0.1) is 10.2 Å².